The van der Waals surface area contributed by atoms with Gasteiger partial charge in [0.2, 0.25) is 0 Å². The second-order valence-electron chi connectivity index (χ2n) is 6.10. The van der Waals surface area contributed by atoms with E-state index in [2.05, 4.69) is 9.71 Å². The van der Waals surface area contributed by atoms with Crippen LogP contribution in [0.5, 0.6) is 0 Å². The first-order valence-corrected chi connectivity index (χ1v) is 9.75. The fourth-order valence-corrected chi connectivity index (χ4v) is 4.64. The second-order valence-corrected chi connectivity index (χ2v) is 7.80. The SMILES string of the molecule is O=C(O)C1CCCCN1S(=O)(=O)NCCc1ccnc2ccccc12. The number of rotatable bonds is 6. The van der Waals surface area contributed by atoms with Crippen molar-refractivity contribution < 1.29 is 18.3 Å². The van der Waals surface area contributed by atoms with E-state index in [0.29, 0.717) is 19.3 Å². The maximum absolute atomic E-state index is 12.5. The summed E-state index contributed by atoms with van der Waals surface area (Å²) in [5.41, 5.74) is 1.87. The molecule has 0 saturated carbocycles. The predicted octanol–water partition coefficient (Wildman–Crippen LogP) is 1.55. The molecule has 1 aliphatic rings. The van der Waals surface area contributed by atoms with Gasteiger partial charge in [0.25, 0.3) is 10.2 Å². The number of nitrogens with zero attached hydrogens (tertiary/aromatic N) is 2. The van der Waals surface area contributed by atoms with E-state index in [9.17, 15) is 18.3 Å². The molecule has 1 unspecified atom stereocenters. The van der Waals surface area contributed by atoms with Crippen LogP contribution in [0.3, 0.4) is 0 Å². The topological polar surface area (TPSA) is 99.6 Å². The predicted molar refractivity (Wildman–Crippen MR) is 94.4 cm³/mol. The first kappa shape index (κ1) is 17.8. The van der Waals surface area contributed by atoms with Crippen LogP contribution >= 0.6 is 0 Å². The lowest BCUT2D eigenvalue weighted by Gasteiger charge is -2.31. The maximum atomic E-state index is 12.5. The fourth-order valence-electron chi connectivity index (χ4n) is 3.21. The van der Waals surface area contributed by atoms with Crippen LogP contribution in [0.25, 0.3) is 10.9 Å². The maximum Gasteiger partial charge on any atom is 0.322 e. The second kappa shape index (κ2) is 7.47. The van der Waals surface area contributed by atoms with Crippen LogP contribution in [0.15, 0.2) is 36.5 Å². The van der Waals surface area contributed by atoms with E-state index in [1.54, 1.807) is 6.20 Å². The number of carboxylic acids is 1. The molecule has 1 saturated heterocycles. The number of hydrogen-bond acceptors (Lipinski definition) is 4. The highest BCUT2D eigenvalue weighted by Crippen LogP contribution is 2.20. The van der Waals surface area contributed by atoms with Crippen LogP contribution in [-0.4, -0.2) is 47.9 Å². The number of fused-ring (bicyclic) bond motifs is 1. The molecule has 1 aromatic heterocycles. The van der Waals surface area contributed by atoms with E-state index >= 15 is 0 Å². The van der Waals surface area contributed by atoms with Crippen LogP contribution < -0.4 is 4.72 Å². The van der Waals surface area contributed by atoms with Gasteiger partial charge in [0.15, 0.2) is 0 Å². The van der Waals surface area contributed by atoms with Gasteiger partial charge in [-0.05, 0) is 43.4 Å². The summed E-state index contributed by atoms with van der Waals surface area (Å²) in [7, 11) is -3.81. The molecule has 1 atom stereocenters. The van der Waals surface area contributed by atoms with Crippen molar-refractivity contribution in [2.75, 3.05) is 13.1 Å². The van der Waals surface area contributed by atoms with Crippen LogP contribution in [0.1, 0.15) is 24.8 Å². The third kappa shape index (κ3) is 3.97. The summed E-state index contributed by atoms with van der Waals surface area (Å²) in [5, 5.41) is 10.2. The Hall–Kier alpha value is -2.03. The van der Waals surface area contributed by atoms with Crippen molar-refractivity contribution in [3.8, 4) is 0 Å². The summed E-state index contributed by atoms with van der Waals surface area (Å²) in [5.74, 6) is -1.09. The average molecular weight is 363 g/mol. The molecule has 0 radical (unpaired) electrons. The minimum Gasteiger partial charge on any atom is -0.480 e. The smallest absolute Gasteiger partial charge is 0.322 e. The van der Waals surface area contributed by atoms with E-state index in [1.807, 2.05) is 30.3 Å². The quantitative estimate of drug-likeness (QED) is 0.811. The molecule has 2 N–H and O–H groups in total. The van der Waals surface area contributed by atoms with Crippen molar-refractivity contribution in [3.63, 3.8) is 0 Å². The van der Waals surface area contributed by atoms with Crippen LogP contribution in [0.4, 0.5) is 0 Å². The standard InChI is InChI=1S/C17H21N3O4S/c21-17(22)16-7-3-4-12-20(16)25(23,24)19-11-9-13-8-10-18-15-6-2-1-5-14(13)15/h1-2,5-6,8,10,16,19H,3-4,7,9,11-12H2,(H,21,22). The zero-order valence-electron chi connectivity index (χ0n) is 13.8. The highest BCUT2D eigenvalue weighted by Gasteiger charge is 2.36. The zero-order valence-corrected chi connectivity index (χ0v) is 14.6. The summed E-state index contributed by atoms with van der Waals surface area (Å²) in [4.78, 5) is 15.6. The van der Waals surface area contributed by atoms with Crippen molar-refractivity contribution in [1.29, 1.82) is 0 Å². The lowest BCUT2D eigenvalue weighted by molar-refractivity contribution is -0.142. The molecule has 134 valence electrons. The lowest BCUT2D eigenvalue weighted by atomic mass is 10.1. The molecule has 2 heterocycles. The van der Waals surface area contributed by atoms with Crippen LogP contribution in [-0.2, 0) is 21.4 Å². The molecular weight excluding hydrogens is 342 g/mol. The van der Waals surface area contributed by atoms with Gasteiger partial charge in [-0.3, -0.25) is 9.78 Å². The monoisotopic (exact) mass is 363 g/mol. The number of aromatic nitrogens is 1. The first-order chi connectivity index (χ1) is 12.0. The summed E-state index contributed by atoms with van der Waals surface area (Å²) in [6.07, 6.45) is 3.97. The largest absolute Gasteiger partial charge is 0.480 e. The van der Waals surface area contributed by atoms with Gasteiger partial charge in [0.05, 0.1) is 5.52 Å². The number of aliphatic carboxylic acids is 1. The molecule has 1 aliphatic heterocycles. The van der Waals surface area contributed by atoms with Gasteiger partial charge in [-0.25, -0.2) is 4.72 Å². The summed E-state index contributed by atoms with van der Waals surface area (Å²) >= 11 is 0. The third-order valence-corrected chi connectivity index (χ3v) is 6.09. The molecule has 3 rings (SSSR count). The molecular formula is C17H21N3O4S. The molecule has 0 bridgehead atoms. The minimum absolute atomic E-state index is 0.208. The number of carboxylic acid groups (broad SMARTS) is 1. The van der Waals surface area contributed by atoms with Gasteiger partial charge in [-0.1, -0.05) is 18.2 Å². The number of pyridine rings is 1. The highest BCUT2D eigenvalue weighted by atomic mass is 32.2. The lowest BCUT2D eigenvalue weighted by Crippen LogP contribution is -2.52. The van der Waals surface area contributed by atoms with Crippen molar-refractivity contribution >= 4 is 27.1 Å². The van der Waals surface area contributed by atoms with Gasteiger partial charge < -0.3 is 5.11 Å². The zero-order chi connectivity index (χ0) is 17.9. The molecule has 8 heteroatoms. The Balaban J connectivity index is 1.69. The number of piperidine rings is 1. The highest BCUT2D eigenvalue weighted by molar-refractivity contribution is 7.87. The van der Waals surface area contributed by atoms with Crippen molar-refractivity contribution in [1.82, 2.24) is 14.0 Å². The summed E-state index contributed by atoms with van der Waals surface area (Å²) in [6.45, 7) is 0.448. The van der Waals surface area contributed by atoms with Gasteiger partial charge in [-0.2, -0.15) is 12.7 Å². The Morgan fingerprint density at radius 2 is 2.08 bits per heavy atom. The van der Waals surface area contributed by atoms with Crippen LogP contribution in [0.2, 0.25) is 0 Å². The molecule has 0 aliphatic carbocycles. The molecule has 1 fully saturated rings. The molecule has 1 aromatic carbocycles. The number of hydrogen-bond donors (Lipinski definition) is 2. The van der Waals surface area contributed by atoms with Crippen LogP contribution in [0, 0.1) is 0 Å². The Bertz CT molecular complexity index is 864. The van der Waals surface area contributed by atoms with Crippen molar-refractivity contribution in [2.45, 2.75) is 31.7 Å². The first-order valence-electron chi connectivity index (χ1n) is 8.31. The van der Waals surface area contributed by atoms with E-state index in [1.165, 1.54) is 0 Å². The third-order valence-electron chi connectivity index (χ3n) is 4.47. The van der Waals surface area contributed by atoms with Gasteiger partial charge in [0, 0.05) is 24.7 Å². The minimum atomic E-state index is -3.81. The summed E-state index contributed by atoms with van der Waals surface area (Å²) in [6, 6.07) is 8.59. The van der Waals surface area contributed by atoms with Gasteiger partial charge in [-0.15, -0.1) is 0 Å². The number of carbonyl (C=O) groups is 1. The molecule has 2 aromatic rings. The Labute approximate surface area is 146 Å². The summed E-state index contributed by atoms with van der Waals surface area (Å²) < 4.78 is 28.6. The molecule has 7 nitrogen and oxygen atoms in total. The number of benzene rings is 1. The fraction of sp³-hybridized carbons (Fsp3) is 0.412. The van der Waals surface area contributed by atoms with E-state index in [0.717, 1.165) is 27.2 Å². The Morgan fingerprint density at radius 3 is 2.88 bits per heavy atom. The van der Waals surface area contributed by atoms with Gasteiger partial charge >= 0.3 is 5.97 Å². The van der Waals surface area contributed by atoms with E-state index < -0.39 is 22.2 Å². The Morgan fingerprint density at radius 1 is 1.28 bits per heavy atom. The van der Waals surface area contributed by atoms with Gasteiger partial charge in [0.1, 0.15) is 6.04 Å². The molecule has 25 heavy (non-hydrogen) atoms. The molecule has 0 amide bonds. The van der Waals surface area contributed by atoms with E-state index in [-0.39, 0.29) is 13.1 Å². The number of para-hydroxylation sites is 1. The number of nitrogens with one attached hydrogen (secondary N) is 1. The van der Waals surface area contributed by atoms with Crippen molar-refractivity contribution in [3.05, 3.63) is 42.1 Å². The Kier molecular flexibility index (Phi) is 5.31. The van der Waals surface area contributed by atoms with Crippen molar-refractivity contribution in [2.24, 2.45) is 0 Å². The average Bonchev–Trinajstić information content (AvgIpc) is 2.62. The van der Waals surface area contributed by atoms with E-state index in [4.69, 9.17) is 0 Å². The molecule has 0 spiro atoms. The normalized spacial score (nSPS) is 19.1.